The molecule has 0 N–H and O–H groups in total. The van der Waals surface area contributed by atoms with Gasteiger partial charge >= 0.3 is 7.12 Å². The first kappa shape index (κ1) is 25.4. The van der Waals surface area contributed by atoms with Gasteiger partial charge in [0.15, 0.2) is 0 Å². The average Bonchev–Trinajstić information content (AvgIpc) is 3.42. The first-order chi connectivity index (χ1) is 19.3. The Morgan fingerprint density at radius 3 is 1.73 bits per heavy atom. The van der Waals surface area contributed by atoms with E-state index in [1.807, 2.05) is 0 Å². The Morgan fingerprint density at radius 2 is 1.10 bits per heavy atom. The van der Waals surface area contributed by atoms with Crippen LogP contribution in [-0.2, 0) is 9.31 Å². The van der Waals surface area contributed by atoms with Gasteiger partial charge < -0.3 is 9.31 Å². The van der Waals surface area contributed by atoms with E-state index in [0.717, 1.165) is 5.46 Å². The van der Waals surface area contributed by atoms with Crippen LogP contribution in [0.2, 0.25) is 0 Å². The summed E-state index contributed by atoms with van der Waals surface area (Å²) in [6.45, 7) is 8.49. The Balaban J connectivity index is 1.48. The maximum absolute atomic E-state index is 6.58. The molecule has 0 saturated carbocycles. The summed E-state index contributed by atoms with van der Waals surface area (Å²) in [4.78, 5) is 4.13. The molecule has 0 amide bonds. The summed E-state index contributed by atoms with van der Waals surface area (Å²) in [5, 5.41) is 0. The van der Waals surface area contributed by atoms with E-state index in [1.165, 1.54) is 48.1 Å². The van der Waals surface area contributed by atoms with Gasteiger partial charge in [0.1, 0.15) is 0 Å². The van der Waals surface area contributed by atoms with Crippen LogP contribution in [0.4, 0.5) is 0 Å². The van der Waals surface area contributed by atoms with Crippen molar-refractivity contribution in [1.82, 2.24) is 0 Å². The van der Waals surface area contributed by atoms with Gasteiger partial charge in [-0.05, 0) is 90.1 Å². The van der Waals surface area contributed by atoms with Crippen molar-refractivity contribution in [3.63, 3.8) is 0 Å². The summed E-state index contributed by atoms with van der Waals surface area (Å²) >= 11 is 0. The molecule has 5 aromatic rings. The zero-order valence-electron chi connectivity index (χ0n) is 23.4. The van der Waals surface area contributed by atoms with Crippen molar-refractivity contribution in [3.05, 3.63) is 121 Å². The monoisotopic (exact) mass is 540 g/mol. The Hall–Kier alpha value is -3.57. The molecule has 2 aliphatic heterocycles. The summed E-state index contributed by atoms with van der Waals surface area (Å²) in [5.41, 5.74) is 7.87. The highest BCUT2D eigenvalue weighted by molar-refractivity contribution is 8.17. The average molecular weight is 541 g/mol. The lowest BCUT2D eigenvalue weighted by Gasteiger charge is -2.32. The van der Waals surface area contributed by atoms with Crippen molar-refractivity contribution in [2.45, 2.75) is 53.6 Å². The second kappa shape index (κ2) is 9.52. The molecule has 0 aromatic heterocycles. The van der Waals surface area contributed by atoms with Crippen molar-refractivity contribution in [3.8, 4) is 33.4 Å². The van der Waals surface area contributed by atoms with Crippen molar-refractivity contribution < 1.29 is 9.31 Å². The summed E-state index contributed by atoms with van der Waals surface area (Å²) in [7, 11) is -1.20. The Bertz CT molecular complexity index is 1680. The van der Waals surface area contributed by atoms with Gasteiger partial charge in [0.25, 0.3) is 0 Å². The molecule has 2 nitrogen and oxygen atoms in total. The molecule has 40 heavy (non-hydrogen) atoms. The highest BCUT2D eigenvalue weighted by atomic mass is 32.2. The molecule has 0 radical (unpaired) electrons. The molecule has 1 unspecified atom stereocenters. The van der Waals surface area contributed by atoms with Gasteiger partial charge in [-0.3, -0.25) is 0 Å². The summed E-state index contributed by atoms with van der Waals surface area (Å²) < 4.78 is 13.2. The number of thiol groups is 1. The molecule has 2 heterocycles. The largest absolute Gasteiger partial charge is 0.494 e. The maximum atomic E-state index is 6.58. The third-order valence-electron chi connectivity index (χ3n) is 8.62. The smallest absolute Gasteiger partial charge is 0.399 e. The molecule has 198 valence electrons. The SMILES string of the molecule is CC1(C)OB(c2cc(-c3ccccc3)c3c(c2)[SH](c2ccccc2)c2cc(-c4ccccc4)ccc2-3)OC1(C)C. The molecular formula is C36H33BO2S. The van der Waals surface area contributed by atoms with Crippen LogP contribution in [0.5, 0.6) is 0 Å². The zero-order chi connectivity index (χ0) is 27.5. The van der Waals surface area contributed by atoms with Crippen molar-refractivity contribution in [2.75, 3.05) is 0 Å². The van der Waals surface area contributed by atoms with Gasteiger partial charge in [0, 0.05) is 15.4 Å². The fraction of sp³-hybridized carbons (Fsp3) is 0.167. The number of rotatable bonds is 4. The highest BCUT2D eigenvalue weighted by Crippen LogP contribution is 2.64. The van der Waals surface area contributed by atoms with Gasteiger partial charge in [-0.25, -0.2) is 0 Å². The predicted octanol–water partition coefficient (Wildman–Crippen LogP) is 8.78. The van der Waals surface area contributed by atoms with Crippen LogP contribution >= 0.6 is 10.9 Å². The number of benzene rings is 5. The zero-order valence-corrected chi connectivity index (χ0v) is 24.3. The molecule has 4 heteroatoms. The molecule has 1 atom stereocenters. The number of hydrogen-bond donors (Lipinski definition) is 1. The molecule has 1 fully saturated rings. The van der Waals surface area contributed by atoms with Crippen molar-refractivity contribution in [1.29, 1.82) is 0 Å². The van der Waals surface area contributed by atoms with Crippen LogP contribution < -0.4 is 5.46 Å². The van der Waals surface area contributed by atoms with E-state index in [1.54, 1.807) is 0 Å². The van der Waals surface area contributed by atoms with Gasteiger partial charge in [-0.2, -0.15) is 10.9 Å². The summed E-state index contributed by atoms with van der Waals surface area (Å²) in [6, 6.07) is 44.1. The van der Waals surface area contributed by atoms with Crippen LogP contribution in [0.1, 0.15) is 27.7 Å². The molecule has 1 saturated heterocycles. The second-order valence-corrected chi connectivity index (χ2v) is 13.8. The molecule has 7 rings (SSSR count). The van der Waals surface area contributed by atoms with Gasteiger partial charge in [-0.1, -0.05) is 97.1 Å². The summed E-state index contributed by atoms with van der Waals surface area (Å²) in [5.74, 6) is 0. The quantitative estimate of drug-likeness (QED) is 0.178. The van der Waals surface area contributed by atoms with Crippen LogP contribution in [0.3, 0.4) is 0 Å². The minimum atomic E-state index is -0.774. The first-order valence-electron chi connectivity index (χ1n) is 14.0. The van der Waals surface area contributed by atoms with E-state index in [0.29, 0.717) is 0 Å². The van der Waals surface area contributed by atoms with Crippen molar-refractivity contribution in [2.24, 2.45) is 0 Å². The normalized spacial score (nSPS) is 19.3. The van der Waals surface area contributed by atoms with Crippen LogP contribution in [-0.4, -0.2) is 18.3 Å². The fourth-order valence-corrected chi connectivity index (χ4v) is 8.52. The molecular weight excluding hydrogens is 507 g/mol. The minimum Gasteiger partial charge on any atom is -0.399 e. The van der Waals surface area contributed by atoms with E-state index < -0.39 is 29.2 Å². The molecule has 5 aromatic carbocycles. The molecule has 2 aliphatic rings. The lowest BCUT2D eigenvalue weighted by Crippen LogP contribution is -2.41. The van der Waals surface area contributed by atoms with E-state index in [-0.39, 0.29) is 0 Å². The van der Waals surface area contributed by atoms with Gasteiger partial charge in [0.05, 0.1) is 11.2 Å². The predicted molar refractivity (Wildman–Crippen MR) is 169 cm³/mol. The lowest BCUT2D eigenvalue weighted by atomic mass is 9.76. The van der Waals surface area contributed by atoms with Gasteiger partial charge in [-0.15, -0.1) is 0 Å². The Labute approximate surface area is 240 Å². The molecule has 0 aliphatic carbocycles. The molecule has 0 bridgehead atoms. The minimum absolute atomic E-state index is 0.401. The number of fused-ring (bicyclic) bond motifs is 3. The lowest BCUT2D eigenvalue weighted by molar-refractivity contribution is 0.00578. The Kier molecular flexibility index (Phi) is 6.05. The molecule has 0 spiro atoms. The third-order valence-corrected chi connectivity index (χ3v) is 11.1. The van der Waals surface area contributed by atoms with Crippen molar-refractivity contribution >= 4 is 23.5 Å². The Morgan fingerprint density at radius 1 is 0.525 bits per heavy atom. The van der Waals surface area contributed by atoms with E-state index in [9.17, 15) is 0 Å². The van der Waals surface area contributed by atoms with E-state index in [4.69, 9.17) is 9.31 Å². The topological polar surface area (TPSA) is 18.5 Å². The maximum Gasteiger partial charge on any atom is 0.494 e. The second-order valence-electron chi connectivity index (χ2n) is 11.7. The van der Waals surface area contributed by atoms with E-state index in [2.05, 4.69) is 149 Å². The third kappa shape index (κ3) is 4.14. The van der Waals surface area contributed by atoms with Gasteiger partial charge in [0.2, 0.25) is 0 Å². The first-order valence-corrected chi connectivity index (χ1v) is 15.3. The standard InChI is InChI=1S/C36H33BO2S/c1-35(2)36(3,4)39-37(38-35)28-23-31(26-16-10-6-11-17-26)34-30-21-20-27(25-14-8-5-9-15-25)22-32(30)40(33(34)24-28)29-18-12-7-13-19-29/h5-24,40H,1-4H3. The van der Waals surface area contributed by atoms with Crippen LogP contribution in [0.15, 0.2) is 136 Å². The summed E-state index contributed by atoms with van der Waals surface area (Å²) in [6.07, 6.45) is 0. The van der Waals surface area contributed by atoms with E-state index >= 15 is 0 Å². The number of hydrogen-bond acceptors (Lipinski definition) is 2. The van der Waals surface area contributed by atoms with Crippen LogP contribution in [0.25, 0.3) is 33.4 Å². The highest BCUT2D eigenvalue weighted by Gasteiger charge is 2.52. The fourth-order valence-electron chi connectivity index (χ4n) is 5.79. The van der Waals surface area contributed by atoms with Crippen LogP contribution in [0, 0.1) is 0 Å².